The number of fused-ring (bicyclic) bond motifs is 1. The molecule has 7 heteroatoms. The monoisotopic (exact) mass is 335 g/mol. The normalized spacial score (nSPS) is 18.5. The van der Waals surface area contributed by atoms with Crippen LogP contribution in [-0.4, -0.2) is 50.5 Å². The summed E-state index contributed by atoms with van der Waals surface area (Å²) < 4.78 is 7.25. The highest BCUT2D eigenvalue weighted by Crippen LogP contribution is 2.33. The number of aromatic carboxylic acids is 1. The van der Waals surface area contributed by atoms with Crippen molar-refractivity contribution >= 4 is 12.1 Å². The molecule has 3 rings (SSSR count). The molecular weight excluding hydrogens is 310 g/mol. The molecule has 1 aromatic heterocycles. The summed E-state index contributed by atoms with van der Waals surface area (Å²) in [4.78, 5) is 25.5. The lowest BCUT2D eigenvalue weighted by Crippen LogP contribution is -2.41. The lowest BCUT2D eigenvalue weighted by molar-refractivity contribution is 0.0203. The molecular formula is C17H25N3O4. The Labute approximate surface area is 141 Å². The van der Waals surface area contributed by atoms with Crippen LogP contribution in [0.4, 0.5) is 4.79 Å². The zero-order chi connectivity index (χ0) is 17.5. The second kappa shape index (κ2) is 6.11. The standard InChI is InChI=1S/C17H25N3O4/c1-17(2,3)24-16(23)19-9-6-11(7-10-19)14-13(15(21)22)12-5-4-8-20(12)18-14/h11H,4-10H2,1-3H3,(H,21,22). The number of carbonyl (C=O) groups is 2. The summed E-state index contributed by atoms with van der Waals surface area (Å²) in [5, 5.41) is 14.1. The number of carbonyl (C=O) groups excluding carboxylic acids is 1. The molecule has 7 nitrogen and oxygen atoms in total. The Morgan fingerprint density at radius 3 is 2.46 bits per heavy atom. The number of aryl methyl sites for hydroxylation is 1. The van der Waals surface area contributed by atoms with E-state index in [4.69, 9.17) is 4.74 Å². The maximum Gasteiger partial charge on any atom is 0.410 e. The molecule has 1 saturated heterocycles. The fourth-order valence-corrected chi connectivity index (χ4v) is 3.53. The van der Waals surface area contributed by atoms with Crippen LogP contribution in [0.25, 0.3) is 0 Å². The quantitative estimate of drug-likeness (QED) is 0.898. The van der Waals surface area contributed by atoms with Crippen LogP contribution in [0.2, 0.25) is 0 Å². The number of rotatable bonds is 2. The van der Waals surface area contributed by atoms with E-state index in [9.17, 15) is 14.7 Å². The first-order valence-electron chi connectivity index (χ1n) is 8.57. The van der Waals surface area contributed by atoms with E-state index in [1.54, 1.807) is 4.90 Å². The molecule has 0 saturated carbocycles. The Hall–Kier alpha value is -2.05. The van der Waals surface area contributed by atoms with Gasteiger partial charge in [0, 0.05) is 25.6 Å². The molecule has 1 aromatic rings. The van der Waals surface area contributed by atoms with Gasteiger partial charge in [-0.05, 0) is 46.5 Å². The van der Waals surface area contributed by atoms with Crippen LogP contribution in [0.1, 0.15) is 67.7 Å². The molecule has 132 valence electrons. The SMILES string of the molecule is CC(C)(C)OC(=O)N1CCC(c2nn3c(c2C(=O)O)CCC3)CC1. The third-order valence-corrected chi connectivity index (χ3v) is 4.62. The summed E-state index contributed by atoms with van der Waals surface area (Å²) in [6.45, 7) is 7.49. The molecule has 2 aliphatic rings. The van der Waals surface area contributed by atoms with Crippen LogP contribution < -0.4 is 0 Å². The molecule has 0 aliphatic carbocycles. The number of nitrogens with zero attached hydrogens (tertiary/aromatic N) is 3. The number of carboxylic acid groups (broad SMARTS) is 1. The number of amides is 1. The van der Waals surface area contributed by atoms with Crippen LogP contribution in [0, 0.1) is 0 Å². The third kappa shape index (κ3) is 3.25. The van der Waals surface area contributed by atoms with Gasteiger partial charge in [0.1, 0.15) is 11.2 Å². The van der Waals surface area contributed by atoms with Crippen molar-refractivity contribution in [3.63, 3.8) is 0 Å². The van der Waals surface area contributed by atoms with Crippen LogP contribution >= 0.6 is 0 Å². The summed E-state index contributed by atoms with van der Waals surface area (Å²) in [7, 11) is 0. The van der Waals surface area contributed by atoms with Gasteiger partial charge in [-0.1, -0.05) is 0 Å². The number of piperidine rings is 1. The van der Waals surface area contributed by atoms with Gasteiger partial charge in [0.15, 0.2) is 0 Å². The van der Waals surface area contributed by atoms with E-state index < -0.39 is 11.6 Å². The zero-order valence-corrected chi connectivity index (χ0v) is 14.5. The fraction of sp³-hybridized carbons (Fsp3) is 0.706. The summed E-state index contributed by atoms with van der Waals surface area (Å²) in [5.74, 6) is -0.796. The number of aromatic nitrogens is 2. The first-order chi connectivity index (χ1) is 11.3. The Morgan fingerprint density at radius 2 is 1.88 bits per heavy atom. The molecule has 0 unspecified atom stereocenters. The van der Waals surface area contributed by atoms with Crippen molar-refractivity contribution in [3.05, 3.63) is 17.0 Å². The summed E-state index contributed by atoms with van der Waals surface area (Å²) >= 11 is 0. The van der Waals surface area contributed by atoms with E-state index in [2.05, 4.69) is 5.10 Å². The zero-order valence-electron chi connectivity index (χ0n) is 14.5. The molecule has 1 N–H and O–H groups in total. The summed E-state index contributed by atoms with van der Waals surface area (Å²) in [6.07, 6.45) is 2.88. The predicted molar refractivity (Wildman–Crippen MR) is 87.3 cm³/mol. The lowest BCUT2D eigenvalue weighted by atomic mass is 9.90. The van der Waals surface area contributed by atoms with E-state index >= 15 is 0 Å². The minimum absolute atomic E-state index is 0.0906. The second-order valence-electron chi connectivity index (χ2n) is 7.58. The van der Waals surface area contributed by atoms with Gasteiger partial charge in [0.05, 0.1) is 11.4 Å². The number of likely N-dealkylation sites (tertiary alicyclic amines) is 1. The molecule has 0 spiro atoms. The number of ether oxygens (including phenoxy) is 1. The summed E-state index contributed by atoms with van der Waals surface area (Å²) in [5.41, 5.74) is 1.44. The van der Waals surface area contributed by atoms with Crippen LogP contribution in [-0.2, 0) is 17.7 Å². The highest BCUT2D eigenvalue weighted by molar-refractivity contribution is 5.90. The van der Waals surface area contributed by atoms with Gasteiger partial charge in [-0.15, -0.1) is 0 Å². The van der Waals surface area contributed by atoms with Crippen molar-refractivity contribution in [1.82, 2.24) is 14.7 Å². The van der Waals surface area contributed by atoms with Crippen molar-refractivity contribution in [2.75, 3.05) is 13.1 Å². The molecule has 3 heterocycles. The molecule has 0 radical (unpaired) electrons. The Morgan fingerprint density at radius 1 is 1.21 bits per heavy atom. The van der Waals surface area contributed by atoms with Crippen molar-refractivity contribution in [1.29, 1.82) is 0 Å². The van der Waals surface area contributed by atoms with E-state index in [0.29, 0.717) is 24.3 Å². The topological polar surface area (TPSA) is 84.7 Å². The fourth-order valence-electron chi connectivity index (χ4n) is 3.53. The van der Waals surface area contributed by atoms with Gasteiger partial charge in [0.25, 0.3) is 0 Å². The molecule has 0 aromatic carbocycles. The number of hydrogen-bond donors (Lipinski definition) is 1. The van der Waals surface area contributed by atoms with Gasteiger partial charge in [-0.2, -0.15) is 5.10 Å². The average molecular weight is 335 g/mol. The maximum absolute atomic E-state index is 12.1. The van der Waals surface area contributed by atoms with E-state index in [0.717, 1.165) is 37.9 Å². The van der Waals surface area contributed by atoms with Gasteiger partial charge >= 0.3 is 12.1 Å². The van der Waals surface area contributed by atoms with Crippen molar-refractivity contribution in [2.24, 2.45) is 0 Å². The van der Waals surface area contributed by atoms with Crippen LogP contribution in [0.3, 0.4) is 0 Å². The Balaban J connectivity index is 1.70. The molecule has 2 aliphatic heterocycles. The molecule has 0 bridgehead atoms. The maximum atomic E-state index is 12.1. The highest BCUT2D eigenvalue weighted by atomic mass is 16.6. The third-order valence-electron chi connectivity index (χ3n) is 4.62. The predicted octanol–water partition coefficient (Wildman–Crippen LogP) is 2.64. The van der Waals surface area contributed by atoms with Crippen LogP contribution in [0.5, 0.6) is 0 Å². The Kier molecular flexibility index (Phi) is 4.27. The smallest absolute Gasteiger partial charge is 0.410 e. The molecule has 1 amide bonds. The minimum Gasteiger partial charge on any atom is -0.478 e. The molecule has 0 atom stereocenters. The Bertz CT molecular complexity index is 652. The van der Waals surface area contributed by atoms with E-state index in [1.807, 2.05) is 25.5 Å². The van der Waals surface area contributed by atoms with Gasteiger partial charge in [-0.3, -0.25) is 4.68 Å². The van der Waals surface area contributed by atoms with Gasteiger partial charge in [-0.25, -0.2) is 9.59 Å². The largest absolute Gasteiger partial charge is 0.478 e. The second-order valence-corrected chi connectivity index (χ2v) is 7.58. The van der Waals surface area contributed by atoms with Gasteiger partial charge in [0.2, 0.25) is 0 Å². The number of hydrogen-bond acceptors (Lipinski definition) is 4. The summed E-state index contributed by atoms with van der Waals surface area (Å²) in [6, 6.07) is 0. The van der Waals surface area contributed by atoms with Crippen LogP contribution in [0.15, 0.2) is 0 Å². The molecule has 1 fully saturated rings. The van der Waals surface area contributed by atoms with Crippen molar-refractivity contribution < 1.29 is 19.4 Å². The van der Waals surface area contributed by atoms with Crippen molar-refractivity contribution in [3.8, 4) is 0 Å². The highest BCUT2D eigenvalue weighted by Gasteiger charge is 2.34. The van der Waals surface area contributed by atoms with E-state index in [1.165, 1.54) is 0 Å². The first kappa shape index (κ1) is 16.8. The van der Waals surface area contributed by atoms with Crippen molar-refractivity contribution in [2.45, 2.75) is 64.5 Å². The first-order valence-corrected chi connectivity index (χ1v) is 8.57. The molecule has 24 heavy (non-hydrogen) atoms. The average Bonchev–Trinajstić information content (AvgIpc) is 3.05. The minimum atomic E-state index is -0.886. The van der Waals surface area contributed by atoms with Gasteiger partial charge < -0.3 is 14.7 Å². The van der Waals surface area contributed by atoms with E-state index in [-0.39, 0.29) is 12.0 Å². The lowest BCUT2D eigenvalue weighted by Gasteiger charge is -2.33. The number of carboxylic acids is 1.